The van der Waals surface area contributed by atoms with Crippen LogP contribution in [-0.4, -0.2) is 5.97 Å². The van der Waals surface area contributed by atoms with Gasteiger partial charge in [0.25, 0.3) is 0 Å². The van der Waals surface area contributed by atoms with Crippen LogP contribution in [0.15, 0.2) is 30.3 Å². The van der Waals surface area contributed by atoms with Crippen LogP contribution in [0.25, 0.3) is 0 Å². The van der Waals surface area contributed by atoms with E-state index in [1.54, 1.807) is 0 Å². The van der Waals surface area contributed by atoms with Gasteiger partial charge in [-0.15, -0.1) is 0 Å². The fraction of sp³-hybridized carbons (Fsp3) is 0.417. The predicted molar refractivity (Wildman–Crippen MR) is 51.6 cm³/mol. The number of hydrogen-bond acceptors (Lipinski definition) is 2. The van der Waals surface area contributed by atoms with Gasteiger partial charge in [0, 0.05) is 5.41 Å². The van der Waals surface area contributed by atoms with Crippen LogP contribution in [0.4, 0.5) is 0 Å². The van der Waals surface area contributed by atoms with Crippen molar-refractivity contribution in [1.82, 2.24) is 0 Å². The van der Waals surface area contributed by atoms with Gasteiger partial charge in [0.15, 0.2) is 0 Å². The molecule has 2 nitrogen and oxygen atoms in total. The second-order valence-corrected chi connectivity index (χ2v) is 3.94. The first-order valence-corrected chi connectivity index (χ1v) is 5.03. The number of carboxylic acid groups (broad SMARTS) is 1. The Balaban J connectivity index is 0.00000112. The molecule has 74 valence electrons. The summed E-state index contributed by atoms with van der Waals surface area (Å²) in [4.78, 5) is 11.2. The summed E-state index contributed by atoms with van der Waals surface area (Å²) < 4.78 is 0. The Bertz CT molecular complexity index is 329. The number of aliphatic carboxylic acids is 1. The van der Waals surface area contributed by atoms with Crippen molar-refractivity contribution in [3.8, 4) is 0 Å². The van der Waals surface area contributed by atoms with Crippen LogP contribution >= 0.6 is 0 Å². The normalized spacial score (nSPS) is 18.1. The molecule has 0 amide bonds. The molecule has 1 aliphatic carbocycles. The second-order valence-electron chi connectivity index (χ2n) is 3.94. The summed E-state index contributed by atoms with van der Waals surface area (Å²) in [6, 6.07) is 9.46. The zero-order valence-electron chi connectivity index (χ0n) is 9.03. The molecule has 15 heavy (non-hydrogen) atoms. The fourth-order valence-corrected chi connectivity index (χ4v) is 2.35. The quantitative estimate of drug-likeness (QED) is 0.546. The molecule has 1 aromatic carbocycles. The predicted octanol–water partition coefficient (Wildman–Crippen LogP) is -1.75. The van der Waals surface area contributed by atoms with Gasteiger partial charge in [0.1, 0.15) is 0 Å². The molecule has 0 aromatic heterocycles. The van der Waals surface area contributed by atoms with Crippen LogP contribution in [0.1, 0.15) is 31.2 Å². The number of carbonyl (C=O) groups is 1. The van der Waals surface area contributed by atoms with Gasteiger partial charge in [0.2, 0.25) is 0 Å². The fourth-order valence-electron chi connectivity index (χ4n) is 2.35. The van der Waals surface area contributed by atoms with E-state index in [0.29, 0.717) is 0 Å². The van der Waals surface area contributed by atoms with E-state index in [2.05, 4.69) is 0 Å². The Hall–Kier alpha value is -0.310. The van der Waals surface area contributed by atoms with Crippen molar-refractivity contribution in [2.75, 3.05) is 0 Å². The average Bonchev–Trinajstić information content (AvgIpc) is 2.69. The Morgan fingerprint density at radius 3 is 2.13 bits per heavy atom. The van der Waals surface area contributed by atoms with Gasteiger partial charge in [-0.05, 0) is 18.4 Å². The van der Waals surface area contributed by atoms with Gasteiger partial charge in [-0.1, -0.05) is 43.2 Å². The smallest absolute Gasteiger partial charge is 0.549 e. The molecule has 0 bridgehead atoms. The van der Waals surface area contributed by atoms with Crippen LogP contribution < -0.4 is 34.7 Å². The molecule has 0 aliphatic heterocycles. The van der Waals surface area contributed by atoms with Gasteiger partial charge in [-0.3, -0.25) is 0 Å². The van der Waals surface area contributed by atoms with E-state index in [4.69, 9.17) is 0 Å². The minimum atomic E-state index is -0.916. The molecule has 0 heterocycles. The first kappa shape index (κ1) is 12.8. The van der Waals surface area contributed by atoms with Crippen molar-refractivity contribution >= 4 is 5.97 Å². The Morgan fingerprint density at radius 2 is 1.67 bits per heavy atom. The summed E-state index contributed by atoms with van der Waals surface area (Å²) in [5.41, 5.74) is 0.193. The number of hydrogen-bond donors (Lipinski definition) is 0. The molecule has 1 aromatic rings. The van der Waals surface area contributed by atoms with Crippen LogP contribution in [-0.2, 0) is 10.2 Å². The average molecular weight is 212 g/mol. The van der Waals surface area contributed by atoms with E-state index in [1.165, 1.54) is 0 Å². The molecule has 0 N–H and O–H groups in total. The minimum Gasteiger partial charge on any atom is -0.549 e. The van der Waals surface area contributed by atoms with Gasteiger partial charge in [-0.2, -0.15) is 0 Å². The van der Waals surface area contributed by atoms with Crippen LogP contribution in [0.5, 0.6) is 0 Å². The molecule has 0 saturated heterocycles. The summed E-state index contributed by atoms with van der Waals surface area (Å²) >= 11 is 0. The Labute approximate surface area is 112 Å². The third-order valence-corrected chi connectivity index (χ3v) is 3.17. The zero-order chi connectivity index (χ0) is 10.0. The van der Waals surface area contributed by atoms with Crippen molar-refractivity contribution < 1.29 is 39.5 Å². The maximum atomic E-state index is 11.2. The van der Waals surface area contributed by atoms with Crippen LogP contribution in [0, 0.1) is 0 Å². The maximum absolute atomic E-state index is 11.2. The van der Waals surface area contributed by atoms with Gasteiger partial charge < -0.3 is 9.90 Å². The molecule has 0 unspecified atom stereocenters. The van der Waals surface area contributed by atoms with E-state index in [1.807, 2.05) is 30.3 Å². The van der Waals surface area contributed by atoms with Gasteiger partial charge in [-0.25, -0.2) is 0 Å². The summed E-state index contributed by atoms with van der Waals surface area (Å²) in [6.45, 7) is 0. The third-order valence-electron chi connectivity index (χ3n) is 3.17. The van der Waals surface area contributed by atoms with E-state index >= 15 is 0 Å². The van der Waals surface area contributed by atoms with E-state index < -0.39 is 11.4 Å². The summed E-state index contributed by atoms with van der Waals surface area (Å²) in [5.74, 6) is -0.916. The topological polar surface area (TPSA) is 40.1 Å². The second kappa shape index (κ2) is 5.15. The molecule has 0 atom stereocenters. The van der Waals surface area contributed by atoms with Gasteiger partial charge in [0.05, 0.1) is 5.97 Å². The molecule has 1 fully saturated rings. The molecule has 2 rings (SSSR count). The van der Waals surface area contributed by atoms with Crippen molar-refractivity contribution in [2.45, 2.75) is 31.1 Å². The van der Waals surface area contributed by atoms with Crippen molar-refractivity contribution in [2.24, 2.45) is 0 Å². The summed E-state index contributed by atoms with van der Waals surface area (Å²) in [7, 11) is 0. The molecule has 1 saturated carbocycles. The molecule has 3 heteroatoms. The van der Waals surface area contributed by atoms with Crippen LogP contribution in [0.3, 0.4) is 0 Å². The number of carboxylic acids is 1. The SMILES string of the molecule is O=C([O-])C1(c2ccccc2)CCCC1.[Na+]. The number of benzene rings is 1. The Morgan fingerprint density at radius 1 is 1.13 bits per heavy atom. The molecular formula is C12H13NaO2. The third kappa shape index (κ3) is 2.27. The van der Waals surface area contributed by atoms with Gasteiger partial charge >= 0.3 is 29.6 Å². The summed E-state index contributed by atoms with van der Waals surface area (Å²) in [6.07, 6.45) is 3.42. The summed E-state index contributed by atoms with van der Waals surface area (Å²) in [5, 5.41) is 11.2. The number of carbonyl (C=O) groups excluding carboxylic acids is 1. The van der Waals surface area contributed by atoms with Crippen molar-refractivity contribution in [3.63, 3.8) is 0 Å². The zero-order valence-corrected chi connectivity index (χ0v) is 11.0. The first-order valence-electron chi connectivity index (χ1n) is 5.03. The standard InChI is InChI=1S/C12H14O2.Na/c13-11(14)12(8-4-5-9-12)10-6-2-1-3-7-10;/h1-3,6-7H,4-5,8-9H2,(H,13,14);/q;+1/p-1. The monoisotopic (exact) mass is 212 g/mol. The first-order chi connectivity index (χ1) is 6.76. The maximum Gasteiger partial charge on any atom is 1.00 e. The largest absolute Gasteiger partial charge is 1.00 e. The number of rotatable bonds is 2. The molecule has 0 spiro atoms. The van der Waals surface area contributed by atoms with E-state index in [0.717, 1.165) is 31.2 Å². The van der Waals surface area contributed by atoms with Crippen molar-refractivity contribution in [1.29, 1.82) is 0 Å². The molecule has 1 aliphatic rings. The van der Waals surface area contributed by atoms with E-state index in [9.17, 15) is 9.90 Å². The Kier molecular flexibility index (Phi) is 4.38. The van der Waals surface area contributed by atoms with Crippen molar-refractivity contribution in [3.05, 3.63) is 35.9 Å². The van der Waals surface area contributed by atoms with E-state index in [-0.39, 0.29) is 29.6 Å². The van der Waals surface area contributed by atoms with Crippen LogP contribution in [0.2, 0.25) is 0 Å². The minimum absolute atomic E-state index is 0. The molecular weight excluding hydrogens is 199 g/mol. The molecule has 0 radical (unpaired) electrons.